The summed E-state index contributed by atoms with van der Waals surface area (Å²) in [5, 5.41) is 8.95. The summed E-state index contributed by atoms with van der Waals surface area (Å²) < 4.78 is 27.2. The Morgan fingerprint density at radius 3 is 2.48 bits per heavy atom. The molecule has 0 fully saturated rings. The minimum Gasteiger partial charge on any atom is -0.395 e. The summed E-state index contributed by atoms with van der Waals surface area (Å²) >= 11 is 0. The molecule has 2 aromatic carbocycles. The van der Waals surface area contributed by atoms with Crippen LogP contribution in [0.15, 0.2) is 59.5 Å². The van der Waals surface area contributed by atoms with Crippen LogP contribution < -0.4 is 9.62 Å². The Balaban J connectivity index is 2.26. The zero-order chi connectivity index (χ0) is 15.3. The van der Waals surface area contributed by atoms with Crippen LogP contribution in [0, 0.1) is 0 Å². The molecule has 5 nitrogen and oxygen atoms in total. The predicted octanol–water partition coefficient (Wildman–Crippen LogP) is 1.92. The number of aliphatic hydroxyl groups is 1. The summed E-state index contributed by atoms with van der Waals surface area (Å²) in [6.07, 6.45) is 0. The molecule has 0 aromatic heterocycles. The van der Waals surface area contributed by atoms with E-state index < -0.39 is 10.0 Å². The quantitative estimate of drug-likeness (QED) is 0.855. The maximum Gasteiger partial charge on any atom is 0.261 e. The number of para-hydroxylation sites is 1. The van der Waals surface area contributed by atoms with Gasteiger partial charge in [0.1, 0.15) is 0 Å². The Morgan fingerprint density at radius 2 is 1.81 bits per heavy atom. The normalized spacial score (nSPS) is 11.1. The van der Waals surface area contributed by atoms with Crippen molar-refractivity contribution in [2.24, 2.45) is 0 Å². The number of hydrogen-bond acceptors (Lipinski definition) is 4. The Bertz CT molecular complexity index is 687. The average molecular weight is 306 g/mol. The molecule has 6 heteroatoms. The van der Waals surface area contributed by atoms with Gasteiger partial charge in [-0.1, -0.05) is 24.3 Å². The highest BCUT2D eigenvalue weighted by Crippen LogP contribution is 2.20. The van der Waals surface area contributed by atoms with E-state index in [0.717, 1.165) is 5.69 Å². The zero-order valence-corrected chi connectivity index (χ0v) is 12.5. The topological polar surface area (TPSA) is 69.6 Å². The van der Waals surface area contributed by atoms with Crippen LogP contribution >= 0.6 is 0 Å². The molecule has 2 N–H and O–H groups in total. The number of benzene rings is 2. The second kappa shape index (κ2) is 6.60. The molecule has 0 saturated carbocycles. The highest BCUT2D eigenvalue weighted by Gasteiger charge is 2.15. The summed E-state index contributed by atoms with van der Waals surface area (Å²) in [5.41, 5.74) is 1.26. The average Bonchev–Trinajstić information content (AvgIpc) is 2.48. The summed E-state index contributed by atoms with van der Waals surface area (Å²) in [6, 6.07) is 15.4. The van der Waals surface area contributed by atoms with Gasteiger partial charge < -0.3 is 10.0 Å². The molecular weight excluding hydrogens is 288 g/mol. The van der Waals surface area contributed by atoms with E-state index >= 15 is 0 Å². The lowest BCUT2D eigenvalue weighted by Crippen LogP contribution is -2.21. The fourth-order valence-corrected chi connectivity index (χ4v) is 2.99. The van der Waals surface area contributed by atoms with Crippen molar-refractivity contribution in [2.45, 2.75) is 4.90 Å². The molecule has 0 aliphatic heterocycles. The summed E-state index contributed by atoms with van der Waals surface area (Å²) in [5.74, 6) is 0. The third-order valence-corrected chi connectivity index (χ3v) is 4.41. The number of sulfonamides is 1. The van der Waals surface area contributed by atoms with Gasteiger partial charge in [0.2, 0.25) is 0 Å². The summed E-state index contributed by atoms with van der Waals surface area (Å²) in [6.45, 7) is 0.450. The van der Waals surface area contributed by atoms with E-state index in [1.54, 1.807) is 60.5 Å². The van der Waals surface area contributed by atoms with Crippen molar-refractivity contribution in [1.82, 2.24) is 0 Å². The van der Waals surface area contributed by atoms with E-state index in [2.05, 4.69) is 4.72 Å². The number of likely N-dealkylation sites (N-methyl/N-ethyl adjacent to an activating group) is 1. The van der Waals surface area contributed by atoms with Crippen LogP contribution in [0.2, 0.25) is 0 Å². The molecule has 0 unspecified atom stereocenters. The molecule has 112 valence electrons. The van der Waals surface area contributed by atoms with Crippen molar-refractivity contribution < 1.29 is 13.5 Å². The van der Waals surface area contributed by atoms with Gasteiger partial charge in [-0.25, -0.2) is 8.42 Å². The second-order valence-corrected chi connectivity index (χ2v) is 6.30. The van der Waals surface area contributed by atoms with Gasteiger partial charge in [0.25, 0.3) is 10.0 Å². The van der Waals surface area contributed by atoms with Gasteiger partial charge >= 0.3 is 0 Å². The van der Waals surface area contributed by atoms with Crippen LogP contribution in [0.25, 0.3) is 0 Å². The lowest BCUT2D eigenvalue weighted by molar-refractivity contribution is 0.304. The number of anilines is 2. The number of nitrogens with zero attached hydrogens (tertiary/aromatic N) is 1. The largest absolute Gasteiger partial charge is 0.395 e. The maximum atomic E-state index is 12.4. The Hall–Kier alpha value is -2.05. The first-order valence-corrected chi connectivity index (χ1v) is 8.01. The van der Waals surface area contributed by atoms with Crippen LogP contribution in [-0.4, -0.2) is 33.7 Å². The first kappa shape index (κ1) is 15.3. The monoisotopic (exact) mass is 306 g/mol. The molecule has 2 rings (SSSR count). The third kappa shape index (κ3) is 3.96. The number of hydrogen-bond donors (Lipinski definition) is 2. The predicted molar refractivity (Wildman–Crippen MR) is 84.0 cm³/mol. The fraction of sp³-hybridized carbons (Fsp3) is 0.200. The summed E-state index contributed by atoms with van der Waals surface area (Å²) in [4.78, 5) is 1.98. The SMILES string of the molecule is CN(CCO)c1cccc(S(=O)(=O)Nc2ccccc2)c1. The van der Waals surface area contributed by atoms with E-state index in [9.17, 15) is 8.42 Å². The van der Waals surface area contributed by atoms with E-state index in [1.807, 2.05) is 6.07 Å². The number of rotatable bonds is 6. The molecule has 0 aliphatic rings. The minimum absolute atomic E-state index is 0.00967. The minimum atomic E-state index is -3.62. The lowest BCUT2D eigenvalue weighted by atomic mass is 10.3. The van der Waals surface area contributed by atoms with Gasteiger partial charge in [0, 0.05) is 25.0 Å². The molecular formula is C15H18N2O3S. The van der Waals surface area contributed by atoms with Gasteiger partial charge in [0.15, 0.2) is 0 Å². The first-order chi connectivity index (χ1) is 10.0. The lowest BCUT2D eigenvalue weighted by Gasteiger charge is -2.18. The second-order valence-electron chi connectivity index (χ2n) is 4.61. The third-order valence-electron chi connectivity index (χ3n) is 3.03. The Kier molecular flexibility index (Phi) is 4.82. The van der Waals surface area contributed by atoms with Crippen LogP contribution in [0.4, 0.5) is 11.4 Å². The van der Waals surface area contributed by atoms with Crippen LogP contribution in [0.1, 0.15) is 0 Å². The molecule has 0 amide bonds. The standard InChI is InChI=1S/C15H18N2O3S/c1-17(10-11-18)14-8-5-9-15(12-14)21(19,20)16-13-6-3-2-4-7-13/h2-9,12,16,18H,10-11H2,1H3. The highest BCUT2D eigenvalue weighted by molar-refractivity contribution is 7.92. The molecule has 0 aliphatic carbocycles. The highest BCUT2D eigenvalue weighted by atomic mass is 32.2. The van der Waals surface area contributed by atoms with Crippen molar-refractivity contribution in [3.63, 3.8) is 0 Å². The maximum absolute atomic E-state index is 12.4. The molecule has 0 saturated heterocycles. The van der Waals surface area contributed by atoms with E-state index in [0.29, 0.717) is 12.2 Å². The van der Waals surface area contributed by atoms with Crippen molar-refractivity contribution in [3.05, 3.63) is 54.6 Å². The molecule has 0 heterocycles. The molecule has 2 aromatic rings. The van der Waals surface area contributed by atoms with Gasteiger partial charge in [-0.2, -0.15) is 0 Å². The van der Waals surface area contributed by atoms with E-state index in [1.165, 1.54) is 0 Å². The first-order valence-electron chi connectivity index (χ1n) is 6.53. The smallest absolute Gasteiger partial charge is 0.261 e. The van der Waals surface area contributed by atoms with Crippen LogP contribution in [0.5, 0.6) is 0 Å². The number of nitrogens with one attached hydrogen (secondary N) is 1. The van der Waals surface area contributed by atoms with Crippen molar-refractivity contribution >= 4 is 21.4 Å². The molecule has 0 bridgehead atoms. The van der Waals surface area contributed by atoms with Gasteiger partial charge in [0.05, 0.1) is 11.5 Å². The zero-order valence-electron chi connectivity index (χ0n) is 11.7. The van der Waals surface area contributed by atoms with Gasteiger partial charge in [-0.15, -0.1) is 0 Å². The molecule has 0 spiro atoms. The van der Waals surface area contributed by atoms with Crippen molar-refractivity contribution in [1.29, 1.82) is 0 Å². The Morgan fingerprint density at radius 1 is 1.10 bits per heavy atom. The molecule has 0 radical (unpaired) electrons. The van der Waals surface area contributed by atoms with Crippen molar-refractivity contribution in [3.8, 4) is 0 Å². The van der Waals surface area contributed by atoms with E-state index in [-0.39, 0.29) is 11.5 Å². The van der Waals surface area contributed by atoms with E-state index in [4.69, 9.17) is 5.11 Å². The van der Waals surface area contributed by atoms with Crippen LogP contribution in [-0.2, 0) is 10.0 Å². The van der Waals surface area contributed by atoms with Crippen LogP contribution in [0.3, 0.4) is 0 Å². The fourth-order valence-electron chi connectivity index (χ4n) is 1.89. The van der Waals surface area contributed by atoms with Gasteiger partial charge in [-0.3, -0.25) is 4.72 Å². The molecule has 0 atom stereocenters. The van der Waals surface area contributed by atoms with Gasteiger partial charge in [-0.05, 0) is 30.3 Å². The molecule has 21 heavy (non-hydrogen) atoms. The Labute approximate surface area is 124 Å². The summed E-state index contributed by atoms with van der Waals surface area (Å²) in [7, 11) is -1.83. The number of aliphatic hydroxyl groups excluding tert-OH is 1. The van der Waals surface area contributed by atoms with Crippen molar-refractivity contribution in [2.75, 3.05) is 29.8 Å².